The topological polar surface area (TPSA) is 53.6 Å². The fourth-order valence-electron chi connectivity index (χ4n) is 3.71. The quantitative estimate of drug-likeness (QED) is 0.682. The lowest BCUT2D eigenvalue weighted by molar-refractivity contribution is 0.471. The number of nitrogens with zero attached hydrogens (tertiary/aromatic N) is 2. The molecule has 0 radical (unpaired) electrons. The van der Waals surface area contributed by atoms with Gasteiger partial charge in [0.25, 0.3) is 0 Å². The van der Waals surface area contributed by atoms with Crippen molar-refractivity contribution in [1.82, 2.24) is 20.5 Å². The average molecular weight is 373 g/mol. The van der Waals surface area contributed by atoms with Crippen molar-refractivity contribution >= 4 is 23.2 Å². The zero-order chi connectivity index (χ0) is 17.4. The van der Waals surface area contributed by atoms with Crippen LogP contribution in [0.5, 0.6) is 0 Å². The van der Waals surface area contributed by atoms with Crippen LogP contribution in [0.25, 0.3) is 11.4 Å². The van der Waals surface area contributed by atoms with E-state index in [0.29, 0.717) is 22.0 Å². The van der Waals surface area contributed by atoms with Crippen LogP contribution >= 0.6 is 23.2 Å². The summed E-state index contributed by atoms with van der Waals surface area (Å²) in [6, 6.07) is 12.8. The first-order chi connectivity index (χ1) is 12.2. The third kappa shape index (κ3) is 3.06. The third-order valence-electron chi connectivity index (χ3n) is 4.96. The van der Waals surface area contributed by atoms with Gasteiger partial charge in [0.1, 0.15) is 6.33 Å². The summed E-state index contributed by atoms with van der Waals surface area (Å²) >= 11 is 12.3. The molecule has 0 saturated carbocycles. The molecule has 1 aromatic heterocycles. The monoisotopic (exact) mass is 372 g/mol. The molecule has 0 bridgehead atoms. The predicted molar refractivity (Wildman–Crippen MR) is 101 cm³/mol. The largest absolute Gasteiger partial charge is 0.313 e. The van der Waals surface area contributed by atoms with Crippen molar-refractivity contribution < 1.29 is 0 Å². The molecule has 4 rings (SSSR count). The van der Waals surface area contributed by atoms with Gasteiger partial charge < -0.3 is 5.32 Å². The van der Waals surface area contributed by atoms with Crippen LogP contribution in [-0.2, 0) is 0 Å². The van der Waals surface area contributed by atoms with Crippen LogP contribution in [0, 0.1) is 0 Å². The van der Waals surface area contributed by atoms with E-state index >= 15 is 0 Å². The van der Waals surface area contributed by atoms with Crippen molar-refractivity contribution in [3.63, 3.8) is 0 Å². The highest BCUT2D eigenvalue weighted by Crippen LogP contribution is 2.43. The second-order valence-corrected chi connectivity index (χ2v) is 7.14. The van der Waals surface area contributed by atoms with Crippen LogP contribution in [0.3, 0.4) is 0 Å². The molecule has 1 heterocycles. The van der Waals surface area contributed by atoms with Crippen LogP contribution in [0.15, 0.2) is 42.7 Å². The molecule has 1 aliphatic rings. The predicted octanol–water partition coefficient (Wildman–Crippen LogP) is 4.96. The minimum Gasteiger partial charge on any atom is -0.313 e. The van der Waals surface area contributed by atoms with Crippen LogP contribution < -0.4 is 5.32 Å². The first-order valence-electron chi connectivity index (χ1n) is 8.29. The van der Waals surface area contributed by atoms with Crippen molar-refractivity contribution in [1.29, 1.82) is 0 Å². The molecule has 2 unspecified atom stereocenters. The molecular formula is C19H18Cl2N4. The van der Waals surface area contributed by atoms with Gasteiger partial charge in [0.2, 0.25) is 0 Å². The lowest BCUT2D eigenvalue weighted by Gasteiger charge is -2.32. The first-order valence-corrected chi connectivity index (χ1v) is 9.04. The van der Waals surface area contributed by atoms with E-state index in [1.807, 2.05) is 19.2 Å². The molecule has 0 fully saturated rings. The van der Waals surface area contributed by atoms with Gasteiger partial charge in [0, 0.05) is 17.5 Å². The number of H-pyrrole nitrogens is 1. The van der Waals surface area contributed by atoms with Crippen LogP contribution in [0.4, 0.5) is 0 Å². The maximum absolute atomic E-state index is 6.25. The average Bonchev–Trinajstić information content (AvgIpc) is 3.17. The van der Waals surface area contributed by atoms with Crippen LogP contribution in [-0.4, -0.2) is 22.2 Å². The fraction of sp³-hybridized carbons (Fsp3) is 0.263. The molecule has 128 valence electrons. The molecule has 0 aliphatic heterocycles. The SMILES string of the molecule is CNC1CCC(c2ccc(Cl)c(Cl)c2)c2ccc(-c3ncn[nH]3)cc21. The summed E-state index contributed by atoms with van der Waals surface area (Å²) in [6.07, 6.45) is 3.66. The van der Waals surface area contributed by atoms with Crippen LogP contribution in [0.2, 0.25) is 10.0 Å². The van der Waals surface area contributed by atoms with Crippen LogP contribution in [0.1, 0.15) is 41.5 Å². The van der Waals surface area contributed by atoms with E-state index in [4.69, 9.17) is 23.2 Å². The molecule has 1 aliphatic carbocycles. The molecule has 3 aromatic rings. The Labute approximate surface area is 156 Å². The number of hydrogen-bond donors (Lipinski definition) is 2. The number of fused-ring (bicyclic) bond motifs is 1. The van der Waals surface area contributed by atoms with Gasteiger partial charge >= 0.3 is 0 Å². The van der Waals surface area contributed by atoms with Crippen molar-refractivity contribution in [3.8, 4) is 11.4 Å². The Hall–Kier alpha value is -1.88. The van der Waals surface area contributed by atoms with Crippen molar-refractivity contribution in [2.24, 2.45) is 0 Å². The van der Waals surface area contributed by atoms with E-state index in [-0.39, 0.29) is 0 Å². The van der Waals surface area contributed by atoms with Gasteiger partial charge in [-0.1, -0.05) is 41.4 Å². The Morgan fingerprint density at radius 1 is 1.04 bits per heavy atom. The Morgan fingerprint density at radius 2 is 1.92 bits per heavy atom. The molecule has 2 N–H and O–H groups in total. The van der Waals surface area contributed by atoms with Gasteiger partial charge in [0.15, 0.2) is 5.82 Å². The summed E-state index contributed by atoms with van der Waals surface area (Å²) in [4.78, 5) is 4.27. The van der Waals surface area contributed by atoms with Crippen molar-refractivity contribution in [2.75, 3.05) is 7.05 Å². The number of benzene rings is 2. The Bertz CT molecular complexity index is 892. The molecule has 0 saturated heterocycles. The normalized spacial score (nSPS) is 19.6. The third-order valence-corrected chi connectivity index (χ3v) is 5.70. The minimum atomic E-state index is 0.318. The summed E-state index contributed by atoms with van der Waals surface area (Å²) in [5.74, 6) is 1.10. The zero-order valence-corrected chi connectivity index (χ0v) is 15.3. The van der Waals surface area contributed by atoms with Gasteiger partial charge in [-0.3, -0.25) is 5.10 Å². The van der Waals surface area contributed by atoms with Gasteiger partial charge in [-0.2, -0.15) is 5.10 Å². The molecule has 0 amide bonds. The van der Waals surface area contributed by atoms with Gasteiger partial charge in [0.05, 0.1) is 10.0 Å². The maximum atomic E-state index is 6.25. The van der Waals surface area contributed by atoms with Crippen molar-refractivity contribution in [2.45, 2.75) is 24.8 Å². The highest BCUT2D eigenvalue weighted by molar-refractivity contribution is 6.42. The summed E-state index contributed by atoms with van der Waals surface area (Å²) < 4.78 is 0. The lowest BCUT2D eigenvalue weighted by Crippen LogP contribution is -2.24. The second kappa shape index (κ2) is 6.79. The van der Waals surface area contributed by atoms with E-state index in [0.717, 1.165) is 24.2 Å². The van der Waals surface area contributed by atoms with E-state index < -0.39 is 0 Å². The summed E-state index contributed by atoms with van der Waals surface area (Å²) in [6.45, 7) is 0. The number of rotatable bonds is 3. The van der Waals surface area contributed by atoms with Gasteiger partial charge in [-0.25, -0.2) is 4.98 Å². The number of hydrogen-bond acceptors (Lipinski definition) is 3. The molecule has 0 spiro atoms. The number of nitrogens with one attached hydrogen (secondary N) is 2. The van der Waals surface area contributed by atoms with E-state index in [2.05, 4.69) is 44.8 Å². The highest BCUT2D eigenvalue weighted by Gasteiger charge is 2.28. The minimum absolute atomic E-state index is 0.318. The zero-order valence-electron chi connectivity index (χ0n) is 13.8. The molecule has 4 nitrogen and oxygen atoms in total. The molecule has 2 aromatic carbocycles. The second-order valence-electron chi connectivity index (χ2n) is 6.32. The molecule has 25 heavy (non-hydrogen) atoms. The van der Waals surface area contributed by atoms with Gasteiger partial charge in [-0.05, 0) is 54.8 Å². The van der Waals surface area contributed by atoms with Crippen molar-refractivity contribution in [3.05, 3.63) is 69.5 Å². The van der Waals surface area contributed by atoms with E-state index in [9.17, 15) is 0 Å². The fourth-order valence-corrected chi connectivity index (χ4v) is 4.01. The summed E-state index contributed by atoms with van der Waals surface area (Å²) in [5, 5.41) is 11.5. The number of halogens is 2. The molecule has 2 atom stereocenters. The Balaban J connectivity index is 1.80. The Kier molecular flexibility index (Phi) is 4.50. The smallest absolute Gasteiger partial charge is 0.155 e. The van der Waals surface area contributed by atoms with E-state index in [1.165, 1.54) is 23.0 Å². The standard InChI is InChI=1S/C19H18Cl2N4/c1-22-18-7-5-13(11-3-6-16(20)17(21)9-11)14-4-2-12(8-15(14)18)19-23-10-24-25-19/h2-4,6,8-10,13,18,22H,5,7H2,1H3,(H,23,24,25). The number of aromatic amines is 1. The Morgan fingerprint density at radius 3 is 2.64 bits per heavy atom. The lowest BCUT2D eigenvalue weighted by atomic mass is 9.76. The summed E-state index contributed by atoms with van der Waals surface area (Å²) in [5.41, 5.74) is 4.88. The first kappa shape index (κ1) is 16.6. The van der Waals surface area contributed by atoms with Gasteiger partial charge in [-0.15, -0.1) is 0 Å². The molecule has 6 heteroatoms. The highest BCUT2D eigenvalue weighted by atomic mass is 35.5. The molecular weight excluding hydrogens is 355 g/mol. The van der Waals surface area contributed by atoms with E-state index in [1.54, 1.807) is 0 Å². The summed E-state index contributed by atoms with van der Waals surface area (Å²) in [7, 11) is 2.01. The number of aromatic nitrogens is 3. The maximum Gasteiger partial charge on any atom is 0.155 e.